The molecule has 0 aliphatic carbocycles. The Bertz CT molecular complexity index is 521. The molecular formula is C15H21BrN2O5. The highest BCUT2D eigenvalue weighted by atomic mass is 79.9. The Morgan fingerprint density at radius 2 is 1.87 bits per heavy atom. The molecule has 0 bridgehead atoms. The third-order valence-corrected chi connectivity index (χ3v) is 3.76. The average Bonchev–Trinajstić information content (AvgIpc) is 2.51. The standard InChI is InChI=1S/C13H19BrN2O.C2H2O4/c1-11-2-3-13(12(14)10-11)17-9-8-16-6-4-15-5-7-16;3-1(4)2(5)6/h2-3,10,15H,4-9H2,1H3;(H,3,4)(H,5,6). The first-order chi connectivity index (χ1) is 10.9. The predicted octanol–water partition coefficient (Wildman–Crippen LogP) is 1.20. The third-order valence-electron chi connectivity index (χ3n) is 3.15. The van der Waals surface area contributed by atoms with Gasteiger partial charge in [0.05, 0.1) is 4.47 Å². The summed E-state index contributed by atoms with van der Waals surface area (Å²) in [4.78, 5) is 20.6. The topological polar surface area (TPSA) is 99.1 Å². The van der Waals surface area contributed by atoms with Crippen molar-refractivity contribution < 1.29 is 24.5 Å². The summed E-state index contributed by atoms with van der Waals surface area (Å²) in [7, 11) is 0. The Hall–Kier alpha value is -1.64. The number of carboxylic acid groups (broad SMARTS) is 2. The number of aliphatic carboxylic acids is 2. The van der Waals surface area contributed by atoms with E-state index in [1.54, 1.807) is 0 Å². The van der Waals surface area contributed by atoms with Crippen LogP contribution in [0.15, 0.2) is 22.7 Å². The largest absolute Gasteiger partial charge is 0.491 e. The molecule has 1 saturated heterocycles. The minimum atomic E-state index is -1.82. The molecule has 1 aliphatic rings. The van der Waals surface area contributed by atoms with Gasteiger partial charge in [-0.25, -0.2) is 9.59 Å². The summed E-state index contributed by atoms with van der Waals surface area (Å²) >= 11 is 3.52. The molecule has 1 aromatic carbocycles. The molecule has 8 heteroatoms. The zero-order valence-corrected chi connectivity index (χ0v) is 14.5. The van der Waals surface area contributed by atoms with Crippen molar-refractivity contribution in [3.05, 3.63) is 28.2 Å². The van der Waals surface area contributed by atoms with Gasteiger partial charge in [0.15, 0.2) is 0 Å². The first-order valence-corrected chi connectivity index (χ1v) is 7.97. The van der Waals surface area contributed by atoms with Gasteiger partial charge in [0.2, 0.25) is 0 Å². The van der Waals surface area contributed by atoms with Crippen LogP contribution in [-0.4, -0.2) is 66.4 Å². The van der Waals surface area contributed by atoms with Crippen LogP contribution in [0.2, 0.25) is 0 Å². The van der Waals surface area contributed by atoms with Crippen LogP contribution < -0.4 is 10.1 Å². The number of hydrogen-bond acceptors (Lipinski definition) is 5. The van der Waals surface area contributed by atoms with E-state index in [4.69, 9.17) is 24.5 Å². The Balaban J connectivity index is 0.000000379. The number of rotatable bonds is 4. The molecule has 7 nitrogen and oxygen atoms in total. The van der Waals surface area contributed by atoms with Crippen molar-refractivity contribution in [2.24, 2.45) is 0 Å². The first-order valence-electron chi connectivity index (χ1n) is 7.18. The molecule has 0 atom stereocenters. The van der Waals surface area contributed by atoms with E-state index in [9.17, 15) is 0 Å². The summed E-state index contributed by atoms with van der Waals surface area (Å²) in [6.07, 6.45) is 0. The monoisotopic (exact) mass is 388 g/mol. The minimum Gasteiger partial charge on any atom is -0.491 e. The fraction of sp³-hybridized carbons (Fsp3) is 0.467. The smallest absolute Gasteiger partial charge is 0.414 e. The summed E-state index contributed by atoms with van der Waals surface area (Å²) in [6.45, 7) is 8.26. The summed E-state index contributed by atoms with van der Waals surface area (Å²) < 4.78 is 6.83. The van der Waals surface area contributed by atoms with Gasteiger partial charge in [-0.05, 0) is 40.5 Å². The van der Waals surface area contributed by atoms with Crippen molar-refractivity contribution in [2.75, 3.05) is 39.3 Å². The van der Waals surface area contributed by atoms with E-state index in [0.717, 1.165) is 49.6 Å². The second-order valence-corrected chi connectivity index (χ2v) is 5.84. The molecule has 0 saturated carbocycles. The van der Waals surface area contributed by atoms with Gasteiger partial charge in [-0.3, -0.25) is 4.90 Å². The Morgan fingerprint density at radius 3 is 2.39 bits per heavy atom. The van der Waals surface area contributed by atoms with Crippen molar-refractivity contribution in [1.82, 2.24) is 10.2 Å². The molecule has 1 aliphatic heterocycles. The van der Waals surface area contributed by atoms with Gasteiger partial charge < -0.3 is 20.3 Å². The first kappa shape index (κ1) is 19.4. The quantitative estimate of drug-likeness (QED) is 0.666. The van der Waals surface area contributed by atoms with E-state index in [0.29, 0.717) is 0 Å². The number of carbonyl (C=O) groups is 2. The van der Waals surface area contributed by atoms with Crippen LogP contribution in [0.4, 0.5) is 0 Å². The van der Waals surface area contributed by atoms with Crippen LogP contribution >= 0.6 is 15.9 Å². The summed E-state index contributed by atoms with van der Waals surface area (Å²) in [5.41, 5.74) is 1.24. The van der Waals surface area contributed by atoms with Crippen LogP contribution in [0.5, 0.6) is 5.75 Å². The van der Waals surface area contributed by atoms with Gasteiger partial charge >= 0.3 is 11.9 Å². The highest BCUT2D eigenvalue weighted by Gasteiger charge is 2.09. The number of ether oxygens (including phenoxy) is 1. The molecule has 23 heavy (non-hydrogen) atoms. The Kier molecular flexibility index (Phi) is 8.60. The minimum absolute atomic E-state index is 0.752. The van der Waals surface area contributed by atoms with E-state index in [2.05, 4.69) is 45.2 Å². The van der Waals surface area contributed by atoms with Gasteiger partial charge in [0.25, 0.3) is 0 Å². The van der Waals surface area contributed by atoms with Crippen LogP contribution in [0.3, 0.4) is 0 Å². The highest BCUT2D eigenvalue weighted by Crippen LogP contribution is 2.25. The van der Waals surface area contributed by atoms with Crippen molar-refractivity contribution in [2.45, 2.75) is 6.92 Å². The van der Waals surface area contributed by atoms with Gasteiger partial charge in [-0.1, -0.05) is 6.07 Å². The maximum atomic E-state index is 9.10. The number of halogens is 1. The van der Waals surface area contributed by atoms with Crippen LogP contribution in [0.25, 0.3) is 0 Å². The average molecular weight is 389 g/mol. The van der Waals surface area contributed by atoms with E-state index < -0.39 is 11.9 Å². The fourth-order valence-electron chi connectivity index (χ4n) is 1.94. The van der Waals surface area contributed by atoms with Gasteiger partial charge in [-0.2, -0.15) is 0 Å². The zero-order valence-electron chi connectivity index (χ0n) is 12.9. The van der Waals surface area contributed by atoms with Crippen LogP contribution in [0, 0.1) is 6.92 Å². The lowest BCUT2D eigenvalue weighted by Crippen LogP contribution is -2.44. The van der Waals surface area contributed by atoms with E-state index in [1.807, 2.05) is 6.07 Å². The lowest BCUT2D eigenvalue weighted by molar-refractivity contribution is -0.159. The zero-order chi connectivity index (χ0) is 17.2. The lowest BCUT2D eigenvalue weighted by Gasteiger charge is -2.27. The number of carboxylic acids is 2. The number of aryl methyl sites for hydroxylation is 1. The van der Waals surface area contributed by atoms with E-state index in [-0.39, 0.29) is 0 Å². The maximum Gasteiger partial charge on any atom is 0.414 e. The molecule has 0 unspecified atom stereocenters. The number of nitrogens with zero attached hydrogens (tertiary/aromatic N) is 1. The third kappa shape index (κ3) is 7.96. The molecule has 0 aromatic heterocycles. The number of piperazine rings is 1. The molecule has 1 fully saturated rings. The molecule has 0 amide bonds. The molecule has 0 radical (unpaired) electrons. The lowest BCUT2D eigenvalue weighted by atomic mass is 10.2. The molecule has 1 aromatic rings. The van der Waals surface area contributed by atoms with Crippen molar-refractivity contribution >= 4 is 27.9 Å². The number of hydrogen-bond donors (Lipinski definition) is 3. The molecule has 0 spiro atoms. The maximum absolute atomic E-state index is 9.10. The summed E-state index contributed by atoms with van der Waals surface area (Å²) in [5.74, 6) is -2.71. The van der Waals surface area contributed by atoms with Crippen molar-refractivity contribution in [3.8, 4) is 5.75 Å². The predicted molar refractivity (Wildman–Crippen MR) is 89.0 cm³/mol. The molecule has 128 valence electrons. The Morgan fingerprint density at radius 1 is 1.26 bits per heavy atom. The molecule has 1 heterocycles. The molecular weight excluding hydrogens is 368 g/mol. The van der Waals surface area contributed by atoms with Gasteiger partial charge in [0, 0.05) is 32.7 Å². The summed E-state index contributed by atoms with van der Waals surface area (Å²) in [6, 6.07) is 6.18. The Labute approximate surface area is 143 Å². The SMILES string of the molecule is Cc1ccc(OCCN2CCNCC2)c(Br)c1.O=C(O)C(=O)O. The summed E-state index contributed by atoms with van der Waals surface area (Å²) in [5, 5.41) is 18.1. The fourth-order valence-corrected chi connectivity index (χ4v) is 2.55. The molecule has 2 rings (SSSR count). The second-order valence-electron chi connectivity index (χ2n) is 4.98. The van der Waals surface area contributed by atoms with Crippen LogP contribution in [-0.2, 0) is 9.59 Å². The molecule has 3 N–H and O–H groups in total. The van der Waals surface area contributed by atoms with Crippen LogP contribution in [0.1, 0.15) is 5.56 Å². The van der Waals surface area contributed by atoms with E-state index >= 15 is 0 Å². The van der Waals surface area contributed by atoms with E-state index in [1.165, 1.54) is 5.56 Å². The number of nitrogens with one attached hydrogen (secondary N) is 1. The van der Waals surface area contributed by atoms with Gasteiger partial charge in [0.1, 0.15) is 12.4 Å². The van der Waals surface area contributed by atoms with Crippen molar-refractivity contribution in [3.63, 3.8) is 0 Å². The van der Waals surface area contributed by atoms with Gasteiger partial charge in [-0.15, -0.1) is 0 Å². The number of benzene rings is 1. The highest BCUT2D eigenvalue weighted by molar-refractivity contribution is 9.10. The van der Waals surface area contributed by atoms with Crippen molar-refractivity contribution in [1.29, 1.82) is 0 Å². The normalized spacial score (nSPS) is 14.5. The second kappa shape index (κ2) is 10.2.